The van der Waals surface area contributed by atoms with Gasteiger partial charge in [0.15, 0.2) is 11.5 Å². The highest BCUT2D eigenvalue weighted by atomic mass is 16.5. The van der Waals surface area contributed by atoms with Crippen molar-refractivity contribution < 1.29 is 14.1 Å². The fourth-order valence-corrected chi connectivity index (χ4v) is 2.53. The molecule has 1 aromatic heterocycles. The van der Waals surface area contributed by atoms with Crippen LogP contribution in [0.4, 0.5) is 0 Å². The van der Waals surface area contributed by atoms with Crippen molar-refractivity contribution in [3.8, 4) is 0 Å². The number of aromatic nitrogens is 1. The summed E-state index contributed by atoms with van der Waals surface area (Å²) in [6.07, 6.45) is 2.35. The van der Waals surface area contributed by atoms with E-state index in [9.17, 15) is 4.79 Å². The zero-order chi connectivity index (χ0) is 14.4. The molecule has 1 atom stereocenters. The lowest BCUT2D eigenvalue weighted by Gasteiger charge is -2.29. The van der Waals surface area contributed by atoms with Crippen molar-refractivity contribution in [1.29, 1.82) is 0 Å². The maximum atomic E-state index is 12.4. The van der Waals surface area contributed by atoms with Crippen molar-refractivity contribution in [3.63, 3.8) is 0 Å². The standard InChI is InChI=1S/C14H23N3O3/c1-3-17(9-11-5-4-6-15-8-11)14(18)13-7-12(10-19-2)20-16-13/h7,11,15H,3-6,8-10H2,1-2H3. The summed E-state index contributed by atoms with van der Waals surface area (Å²) in [5, 5.41) is 7.21. The Labute approximate surface area is 119 Å². The van der Waals surface area contributed by atoms with Gasteiger partial charge in [-0.25, -0.2) is 0 Å². The highest BCUT2D eigenvalue weighted by molar-refractivity contribution is 5.92. The predicted molar refractivity (Wildman–Crippen MR) is 74.4 cm³/mol. The molecule has 1 N–H and O–H groups in total. The van der Waals surface area contributed by atoms with Gasteiger partial charge in [0.2, 0.25) is 0 Å². The van der Waals surface area contributed by atoms with Crippen LogP contribution >= 0.6 is 0 Å². The van der Waals surface area contributed by atoms with Crippen LogP contribution in [0.2, 0.25) is 0 Å². The number of piperidine rings is 1. The van der Waals surface area contributed by atoms with Gasteiger partial charge in [-0.1, -0.05) is 5.16 Å². The summed E-state index contributed by atoms with van der Waals surface area (Å²) in [4.78, 5) is 14.2. The number of methoxy groups -OCH3 is 1. The summed E-state index contributed by atoms with van der Waals surface area (Å²) < 4.78 is 10.0. The van der Waals surface area contributed by atoms with Crippen LogP contribution in [0.1, 0.15) is 36.0 Å². The van der Waals surface area contributed by atoms with Gasteiger partial charge in [-0.3, -0.25) is 4.79 Å². The molecule has 1 fully saturated rings. The number of ether oxygens (including phenoxy) is 1. The van der Waals surface area contributed by atoms with Crippen LogP contribution in [0.25, 0.3) is 0 Å². The van der Waals surface area contributed by atoms with Crippen molar-refractivity contribution in [2.75, 3.05) is 33.3 Å². The topological polar surface area (TPSA) is 67.6 Å². The molecule has 0 radical (unpaired) electrons. The van der Waals surface area contributed by atoms with Crippen molar-refractivity contribution in [2.24, 2.45) is 5.92 Å². The molecule has 0 aromatic carbocycles. The maximum absolute atomic E-state index is 12.4. The zero-order valence-corrected chi connectivity index (χ0v) is 12.2. The molecular formula is C14H23N3O3. The van der Waals surface area contributed by atoms with Crippen LogP contribution in [0.5, 0.6) is 0 Å². The second-order valence-electron chi connectivity index (χ2n) is 5.17. The van der Waals surface area contributed by atoms with Crippen LogP contribution < -0.4 is 5.32 Å². The van der Waals surface area contributed by atoms with Gasteiger partial charge in [-0.05, 0) is 38.8 Å². The van der Waals surface area contributed by atoms with Gasteiger partial charge >= 0.3 is 0 Å². The third-order valence-corrected chi connectivity index (χ3v) is 3.61. The number of carbonyl (C=O) groups excluding carboxylic acids is 1. The van der Waals surface area contributed by atoms with E-state index in [4.69, 9.17) is 9.26 Å². The van der Waals surface area contributed by atoms with E-state index < -0.39 is 0 Å². The molecule has 112 valence electrons. The van der Waals surface area contributed by atoms with Crippen molar-refractivity contribution in [2.45, 2.75) is 26.4 Å². The van der Waals surface area contributed by atoms with E-state index in [1.54, 1.807) is 13.2 Å². The Morgan fingerprint density at radius 3 is 3.15 bits per heavy atom. The Balaban J connectivity index is 1.96. The Hall–Kier alpha value is -1.40. The fraction of sp³-hybridized carbons (Fsp3) is 0.714. The average molecular weight is 281 g/mol. The molecule has 0 spiro atoms. The molecule has 1 unspecified atom stereocenters. The van der Waals surface area contributed by atoms with Gasteiger partial charge in [0, 0.05) is 26.3 Å². The van der Waals surface area contributed by atoms with Gasteiger partial charge in [-0.2, -0.15) is 0 Å². The smallest absolute Gasteiger partial charge is 0.276 e. The Bertz CT molecular complexity index is 427. The monoisotopic (exact) mass is 281 g/mol. The molecule has 0 saturated carbocycles. The summed E-state index contributed by atoms with van der Waals surface area (Å²) in [6, 6.07) is 1.66. The second-order valence-corrected chi connectivity index (χ2v) is 5.17. The molecule has 1 saturated heterocycles. The summed E-state index contributed by atoms with van der Waals surface area (Å²) in [5.74, 6) is 1.04. The first-order valence-electron chi connectivity index (χ1n) is 7.19. The summed E-state index contributed by atoms with van der Waals surface area (Å²) in [7, 11) is 1.58. The fourth-order valence-electron chi connectivity index (χ4n) is 2.53. The number of carbonyl (C=O) groups is 1. The van der Waals surface area contributed by atoms with Gasteiger partial charge in [-0.15, -0.1) is 0 Å². The minimum absolute atomic E-state index is 0.0656. The Morgan fingerprint density at radius 2 is 2.50 bits per heavy atom. The van der Waals surface area contributed by atoms with E-state index >= 15 is 0 Å². The van der Waals surface area contributed by atoms with E-state index in [0.29, 0.717) is 30.5 Å². The second kappa shape index (κ2) is 7.40. The third kappa shape index (κ3) is 3.80. The first-order chi connectivity index (χ1) is 9.74. The minimum Gasteiger partial charge on any atom is -0.377 e. The molecule has 1 amide bonds. The van der Waals surface area contributed by atoms with E-state index in [0.717, 1.165) is 19.6 Å². The van der Waals surface area contributed by atoms with E-state index in [1.165, 1.54) is 12.8 Å². The van der Waals surface area contributed by atoms with Crippen LogP contribution in [0, 0.1) is 5.92 Å². The molecule has 6 heteroatoms. The molecule has 2 rings (SSSR count). The van der Waals surface area contributed by atoms with Crippen LogP contribution in [-0.2, 0) is 11.3 Å². The molecule has 2 heterocycles. The van der Waals surface area contributed by atoms with E-state index in [-0.39, 0.29) is 5.91 Å². The van der Waals surface area contributed by atoms with Crippen LogP contribution in [-0.4, -0.2) is 49.3 Å². The normalized spacial score (nSPS) is 19.0. The molecule has 0 aliphatic carbocycles. The number of hydrogen-bond donors (Lipinski definition) is 1. The van der Waals surface area contributed by atoms with Crippen LogP contribution in [0.15, 0.2) is 10.6 Å². The third-order valence-electron chi connectivity index (χ3n) is 3.61. The van der Waals surface area contributed by atoms with Gasteiger partial charge < -0.3 is 19.5 Å². The highest BCUT2D eigenvalue weighted by Crippen LogP contribution is 2.14. The van der Waals surface area contributed by atoms with E-state index in [1.807, 2.05) is 11.8 Å². The molecule has 1 aliphatic rings. The van der Waals surface area contributed by atoms with Crippen LogP contribution in [0.3, 0.4) is 0 Å². The largest absolute Gasteiger partial charge is 0.377 e. The molecular weight excluding hydrogens is 258 g/mol. The van der Waals surface area contributed by atoms with E-state index in [2.05, 4.69) is 10.5 Å². The maximum Gasteiger partial charge on any atom is 0.276 e. The Kier molecular flexibility index (Phi) is 5.55. The number of nitrogens with one attached hydrogen (secondary N) is 1. The molecule has 1 aromatic rings. The zero-order valence-electron chi connectivity index (χ0n) is 12.2. The quantitative estimate of drug-likeness (QED) is 0.851. The van der Waals surface area contributed by atoms with Gasteiger partial charge in [0.05, 0.1) is 0 Å². The Morgan fingerprint density at radius 1 is 1.65 bits per heavy atom. The molecule has 0 bridgehead atoms. The summed E-state index contributed by atoms with van der Waals surface area (Å²) in [6.45, 7) is 5.84. The highest BCUT2D eigenvalue weighted by Gasteiger charge is 2.23. The summed E-state index contributed by atoms with van der Waals surface area (Å²) >= 11 is 0. The lowest BCUT2D eigenvalue weighted by atomic mass is 9.99. The predicted octanol–water partition coefficient (Wildman–Crippen LogP) is 1.28. The SMILES string of the molecule is CCN(CC1CCCNC1)C(=O)c1cc(COC)on1. The number of amides is 1. The molecule has 1 aliphatic heterocycles. The lowest BCUT2D eigenvalue weighted by Crippen LogP contribution is -2.41. The first-order valence-corrected chi connectivity index (χ1v) is 7.19. The van der Waals surface area contributed by atoms with Crippen molar-refractivity contribution >= 4 is 5.91 Å². The van der Waals surface area contributed by atoms with Crippen molar-refractivity contribution in [3.05, 3.63) is 17.5 Å². The lowest BCUT2D eigenvalue weighted by molar-refractivity contribution is 0.0718. The summed E-state index contributed by atoms with van der Waals surface area (Å²) in [5.41, 5.74) is 0.364. The van der Waals surface area contributed by atoms with Gasteiger partial charge in [0.1, 0.15) is 6.61 Å². The van der Waals surface area contributed by atoms with Gasteiger partial charge in [0.25, 0.3) is 5.91 Å². The first kappa shape index (κ1) is 15.0. The number of nitrogens with zero attached hydrogens (tertiary/aromatic N) is 2. The number of rotatable bonds is 6. The number of hydrogen-bond acceptors (Lipinski definition) is 5. The average Bonchev–Trinajstić information content (AvgIpc) is 2.94. The van der Waals surface area contributed by atoms with Crippen molar-refractivity contribution in [1.82, 2.24) is 15.4 Å². The molecule has 20 heavy (non-hydrogen) atoms. The molecule has 6 nitrogen and oxygen atoms in total. The minimum atomic E-state index is -0.0656.